The number of rotatable bonds is 11. The molecule has 0 aliphatic rings. The van der Waals surface area contributed by atoms with Gasteiger partial charge in [0.2, 0.25) is 0 Å². The van der Waals surface area contributed by atoms with Gasteiger partial charge in [0.15, 0.2) is 17.3 Å². The van der Waals surface area contributed by atoms with Crippen molar-refractivity contribution in [1.29, 1.82) is 0 Å². The van der Waals surface area contributed by atoms with Crippen LogP contribution in [0.3, 0.4) is 0 Å². The first-order valence-corrected chi connectivity index (χ1v) is 15.0. The molecule has 0 bridgehead atoms. The Morgan fingerprint density at radius 3 is 2.39 bits per heavy atom. The number of benzene rings is 3. The van der Waals surface area contributed by atoms with Gasteiger partial charge in [-0.25, -0.2) is 5.43 Å². The lowest BCUT2D eigenvalue weighted by atomic mass is 10.2. The van der Waals surface area contributed by atoms with E-state index in [4.69, 9.17) is 41.8 Å². The third-order valence-corrected chi connectivity index (χ3v) is 7.83. The number of hydrogen-bond acceptors (Lipinski definition) is 6. The summed E-state index contributed by atoms with van der Waals surface area (Å²) in [5.74, 6) is 1.67. The molecule has 1 N–H and O–H groups in total. The molecule has 0 aliphatic heterocycles. The summed E-state index contributed by atoms with van der Waals surface area (Å²) in [6.07, 6.45) is 1.46. The fourth-order valence-corrected chi connectivity index (χ4v) is 5.27. The summed E-state index contributed by atoms with van der Waals surface area (Å²) in [6, 6.07) is 24.0. The monoisotopic (exact) mass is 695 g/mol. The van der Waals surface area contributed by atoms with Crippen molar-refractivity contribution >= 4 is 51.3 Å². The van der Waals surface area contributed by atoms with Crippen LogP contribution in [0.4, 0.5) is 0 Å². The summed E-state index contributed by atoms with van der Waals surface area (Å²) in [4.78, 5) is 12.7. The Hall–Kier alpha value is -4.18. The molecule has 0 fully saturated rings. The second-order valence-electron chi connectivity index (χ2n) is 9.76. The number of nitrogens with zero attached hydrogens (tertiary/aromatic N) is 2. The van der Waals surface area contributed by atoms with Crippen LogP contribution in [0.15, 0.2) is 92.9 Å². The highest BCUT2D eigenvalue weighted by Gasteiger charge is 2.14. The lowest BCUT2D eigenvalue weighted by Crippen LogP contribution is -2.17. The van der Waals surface area contributed by atoms with Crippen molar-refractivity contribution in [2.45, 2.75) is 27.1 Å². The fraction of sp³-hybridized carbons (Fsp3) is 0.152. The lowest BCUT2D eigenvalue weighted by Gasteiger charge is -2.14. The number of ether oxygens (including phenoxy) is 3. The highest BCUT2D eigenvalue weighted by Crippen LogP contribution is 2.35. The number of aryl methyl sites for hydroxylation is 2. The maximum absolute atomic E-state index is 12.7. The molecule has 0 aliphatic carbocycles. The van der Waals surface area contributed by atoms with Crippen molar-refractivity contribution in [3.8, 4) is 22.9 Å². The third kappa shape index (κ3) is 7.48. The maximum atomic E-state index is 12.7. The molecule has 0 unspecified atom stereocenters. The molecule has 0 saturated heterocycles. The number of hydrazone groups is 1. The summed E-state index contributed by atoms with van der Waals surface area (Å²) in [5.41, 5.74) is 7.24. The molecule has 5 aromatic rings. The number of carbonyl (C=O) groups is 1. The second-order valence-corrected chi connectivity index (χ2v) is 11.5. The number of nitrogens with one attached hydrogen (secondary N) is 1. The van der Waals surface area contributed by atoms with E-state index in [0.717, 1.165) is 27.1 Å². The molecule has 3 aromatic carbocycles. The van der Waals surface area contributed by atoms with Gasteiger partial charge in [-0.05, 0) is 92.2 Å². The average Bonchev–Trinajstić information content (AvgIpc) is 3.63. The van der Waals surface area contributed by atoms with E-state index < -0.39 is 5.91 Å². The molecule has 0 saturated carbocycles. The van der Waals surface area contributed by atoms with Crippen LogP contribution in [0.5, 0.6) is 17.2 Å². The van der Waals surface area contributed by atoms with Crippen LogP contribution in [0.2, 0.25) is 10.0 Å². The largest absolute Gasteiger partial charge is 0.493 e. The van der Waals surface area contributed by atoms with Crippen LogP contribution in [-0.4, -0.2) is 23.8 Å². The van der Waals surface area contributed by atoms with Crippen molar-refractivity contribution in [1.82, 2.24) is 9.99 Å². The molecule has 2 aromatic heterocycles. The molecule has 2 heterocycles. The smallest absolute Gasteiger partial charge is 0.307 e. The van der Waals surface area contributed by atoms with E-state index in [0.29, 0.717) is 38.6 Å². The van der Waals surface area contributed by atoms with Crippen molar-refractivity contribution in [3.05, 3.63) is 127 Å². The Morgan fingerprint density at radius 1 is 0.932 bits per heavy atom. The Balaban J connectivity index is 1.19. The molecular formula is C33H28BrCl2N3O5. The van der Waals surface area contributed by atoms with Gasteiger partial charge in [-0.2, -0.15) is 5.10 Å². The van der Waals surface area contributed by atoms with E-state index in [-0.39, 0.29) is 19.0 Å². The van der Waals surface area contributed by atoms with Gasteiger partial charge in [-0.1, -0.05) is 45.2 Å². The predicted octanol–water partition coefficient (Wildman–Crippen LogP) is 8.69. The standard InChI is InChI=1S/C33H28BrCl2N3O5/c1-20-4-5-21(2)39(20)25-7-9-26(10-8-25)42-19-27-11-13-30(44-27)33(40)38-37-17-23-15-24(34)16-31(41-3)32(23)43-18-22-6-12-28(35)29(36)14-22/h4-17H,18-19H2,1-3H3,(H,38,40). The number of methoxy groups -OCH3 is 1. The summed E-state index contributed by atoms with van der Waals surface area (Å²) in [5, 5.41) is 5.00. The van der Waals surface area contributed by atoms with E-state index in [1.165, 1.54) is 13.3 Å². The second kappa shape index (κ2) is 14.1. The lowest BCUT2D eigenvalue weighted by molar-refractivity contribution is 0.0923. The highest BCUT2D eigenvalue weighted by molar-refractivity contribution is 9.10. The van der Waals surface area contributed by atoms with Crippen molar-refractivity contribution in [2.24, 2.45) is 5.10 Å². The van der Waals surface area contributed by atoms with Crippen LogP contribution in [-0.2, 0) is 13.2 Å². The Morgan fingerprint density at radius 2 is 1.68 bits per heavy atom. The first-order chi connectivity index (χ1) is 21.2. The fourth-order valence-electron chi connectivity index (χ4n) is 4.49. The van der Waals surface area contributed by atoms with E-state index in [1.807, 2.05) is 30.3 Å². The minimum atomic E-state index is -0.519. The highest BCUT2D eigenvalue weighted by atomic mass is 79.9. The van der Waals surface area contributed by atoms with Crippen LogP contribution >= 0.6 is 39.1 Å². The van der Waals surface area contributed by atoms with Gasteiger partial charge in [-0.3, -0.25) is 4.79 Å². The summed E-state index contributed by atoms with van der Waals surface area (Å²) in [6.45, 7) is 4.50. The number of aromatic nitrogens is 1. The van der Waals surface area contributed by atoms with Crippen molar-refractivity contribution < 1.29 is 23.4 Å². The quantitative estimate of drug-likeness (QED) is 0.110. The molecule has 0 radical (unpaired) electrons. The zero-order valence-electron chi connectivity index (χ0n) is 24.1. The number of amides is 1. The number of halogens is 3. The molecule has 44 heavy (non-hydrogen) atoms. The third-order valence-electron chi connectivity index (χ3n) is 6.64. The summed E-state index contributed by atoms with van der Waals surface area (Å²) < 4.78 is 26.0. The van der Waals surface area contributed by atoms with Crippen molar-refractivity contribution in [2.75, 3.05) is 7.11 Å². The Labute approximate surface area is 273 Å². The first kappa shape index (κ1) is 31.3. The van der Waals surface area contributed by atoms with Crippen LogP contribution in [0.25, 0.3) is 5.69 Å². The van der Waals surface area contributed by atoms with Gasteiger partial charge in [0, 0.05) is 27.1 Å². The molecule has 5 rings (SSSR count). The first-order valence-electron chi connectivity index (χ1n) is 13.5. The van der Waals surface area contributed by atoms with Gasteiger partial charge in [0.25, 0.3) is 0 Å². The molecular weight excluding hydrogens is 669 g/mol. The Bertz CT molecular complexity index is 1800. The number of furan rings is 1. The molecule has 0 spiro atoms. The van der Waals surface area contributed by atoms with E-state index in [2.05, 4.69) is 57.0 Å². The van der Waals surface area contributed by atoms with E-state index >= 15 is 0 Å². The minimum absolute atomic E-state index is 0.0950. The van der Waals surface area contributed by atoms with Gasteiger partial charge in [-0.15, -0.1) is 0 Å². The van der Waals surface area contributed by atoms with Gasteiger partial charge in [0.05, 0.1) is 23.4 Å². The molecule has 8 nitrogen and oxygen atoms in total. The molecule has 11 heteroatoms. The van der Waals surface area contributed by atoms with Crippen LogP contribution < -0.4 is 19.6 Å². The maximum Gasteiger partial charge on any atom is 0.307 e. The van der Waals surface area contributed by atoms with Gasteiger partial charge < -0.3 is 23.2 Å². The average molecular weight is 697 g/mol. The van der Waals surface area contributed by atoms with E-state index in [1.54, 1.807) is 36.4 Å². The van der Waals surface area contributed by atoms with Crippen LogP contribution in [0.1, 0.15) is 38.8 Å². The SMILES string of the molecule is COc1cc(Br)cc(C=NNC(=O)c2ccc(COc3ccc(-n4c(C)ccc4C)cc3)o2)c1OCc1ccc(Cl)c(Cl)c1. The normalized spacial score (nSPS) is 11.1. The Kier molecular flexibility index (Phi) is 9.99. The van der Waals surface area contributed by atoms with Crippen LogP contribution in [0, 0.1) is 13.8 Å². The topological polar surface area (TPSA) is 87.2 Å². The molecule has 0 atom stereocenters. The number of hydrogen-bond donors (Lipinski definition) is 1. The molecule has 226 valence electrons. The van der Waals surface area contributed by atoms with Gasteiger partial charge >= 0.3 is 5.91 Å². The minimum Gasteiger partial charge on any atom is -0.493 e. The summed E-state index contributed by atoms with van der Waals surface area (Å²) in [7, 11) is 1.54. The van der Waals surface area contributed by atoms with Gasteiger partial charge in [0.1, 0.15) is 24.7 Å². The number of carbonyl (C=O) groups excluding carboxylic acids is 1. The predicted molar refractivity (Wildman–Crippen MR) is 175 cm³/mol. The molecule has 1 amide bonds. The van der Waals surface area contributed by atoms with Crippen molar-refractivity contribution in [3.63, 3.8) is 0 Å². The van der Waals surface area contributed by atoms with E-state index in [9.17, 15) is 4.79 Å². The summed E-state index contributed by atoms with van der Waals surface area (Å²) >= 11 is 15.6. The zero-order chi connectivity index (χ0) is 31.2. The zero-order valence-corrected chi connectivity index (χ0v) is 27.2.